The molecule has 1 aliphatic rings. The van der Waals surface area contributed by atoms with Crippen LogP contribution < -0.4 is 5.32 Å². The fraction of sp³-hybridized carbons (Fsp3) is 0.429. The van der Waals surface area contributed by atoms with Gasteiger partial charge in [-0.05, 0) is 47.0 Å². The Balaban J connectivity index is 2.08. The third kappa shape index (κ3) is 3.73. The molecule has 1 unspecified atom stereocenters. The van der Waals surface area contributed by atoms with Gasteiger partial charge in [0, 0.05) is 36.1 Å². The molecule has 0 bridgehead atoms. The zero-order valence-corrected chi connectivity index (χ0v) is 13.5. The number of hydrogen-bond acceptors (Lipinski definition) is 2. The van der Waals surface area contributed by atoms with Crippen molar-refractivity contribution in [1.29, 1.82) is 0 Å². The zero-order chi connectivity index (χ0) is 14.7. The largest absolute Gasteiger partial charge is 0.352 e. The summed E-state index contributed by atoms with van der Waals surface area (Å²) < 4.78 is 0.709. The molecule has 1 heterocycles. The Morgan fingerprint density at radius 3 is 2.85 bits per heavy atom. The minimum absolute atomic E-state index is 0.0302. The Morgan fingerprint density at radius 1 is 1.45 bits per heavy atom. The van der Waals surface area contributed by atoms with Crippen LogP contribution in [0.4, 0.5) is 0 Å². The van der Waals surface area contributed by atoms with Crippen LogP contribution in [0.3, 0.4) is 0 Å². The number of halogens is 2. The highest BCUT2D eigenvalue weighted by Crippen LogP contribution is 2.24. The molecule has 0 aliphatic carbocycles. The average molecular weight is 360 g/mol. The fourth-order valence-electron chi connectivity index (χ4n) is 2.38. The molecule has 2 rings (SSSR count). The number of piperidine rings is 1. The molecular weight excluding hydrogens is 344 g/mol. The lowest BCUT2D eigenvalue weighted by molar-refractivity contribution is -0.120. The Labute approximate surface area is 131 Å². The number of likely N-dealkylation sites (tertiary alicyclic amines) is 1. The molecule has 1 aromatic rings. The first-order valence-electron chi connectivity index (χ1n) is 6.49. The number of rotatable bonds is 2. The van der Waals surface area contributed by atoms with E-state index in [-0.39, 0.29) is 17.9 Å². The van der Waals surface area contributed by atoms with E-state index in [2.05, 4.69) is 21.2 Å². The van der Waals surface area contributed by atoms with Crippen LogP contribution in [0.1, 0.15) is 30.1 Å². The van der Waals surface area contributed by atoms with Gasteiger partial charge < -0.3 is 10.2 Å². The summed E-state index contributed by atoms with van der Waals surface area (Å²) in [5, 5.41) is 3.46. The smallest absolute Gasteiger partial charge is 0.253 e. The lowest BCUT2D eigenvalue weighted by Gasteiger charge is -2.33. The highest BCUT2D eigenvalue weighted by Gasteiger charge is 2.25. The van der Waals surface area contributed by atoms with Gasteiger partial charge in [-0.3, -0.25) is 9.59 Å². The van der Waals surface area contributed by atoms with Crippen LogP contribution in [0.2, 0.25) is 5.02 Å². The second-order valence-corrected chi connectivity index (χ2v) is 6.18. The number of nitrogens with zero attached hydrogens (tertiary/aromatic N) is 1. The maximum absolute atomic E-state index is 12.4. The second-order valence-electron chi connectivity index (χ2n) is 4.92. The lowest BCUT2D eigenvalue weighted by Crippen LogP contribution is -2.49. The molecule has 6 heteroatoms. The number of amides is 2. The van der Waals surface area contributed by atoms with Gasteiger partial charge >= 0.3 is 0 Å². The van der Waals surface area contributed by atoms with E-state index in [0.29, 0.717) is 21.6 Å². The molecule has 1 aliphatic heterocycles. The molecule has 0 saturated carbocycles. The summed E-state index contributed by atoms with van der Waals surface area (Å²) in [5.74, 6) is -0.0871. The minimum Gasteiger partial charge on any atom is -0.352 e. The first-order chi connectivity index (χ1) is 9.47. The average Bonchev–Trinajstić information content (AvgIpc) is 2.40. The molecule has 4 nitrogen and oxygen atoms in total. The van der Waals surface area contributed by atoms with Crippen molar-refractivity contribution in [3.8, 4) is 0 Å². The van der Waals surface area contributed by atoms with E-state index in [1.807, 2.05) is 0 Å². The number of benzene rings is 1. The first kappa shape index (κ1) is 15.3. The molecule has 0 aromatic heterocycles. The Morgan fingerprint density at radius 2 is 2.20 bits per heavy atom. The summed E-state index contributed by atoms with van der Waals surface area (Å²) in [7, 11) is 0. The summed E-state index contributed by atoms with van der Waals surface area (Å²) in [4.78, 5) is 25.3. The lowest BCUT2D eigenvalue weighted by atomic mass is 10.0. The number of carbonyl (C=O) groups is 2. The van der Waals surface area contributed by atoms with Crippen molar-refractivity contribution >= 4 is 39.3 Å². The second kappa shape index (κ2) is 6.59. The van der Waals surface area contributed by atoms with Crippen LogP contribution >= 0.6 is 27.5 Å². The normalized spacial score (nSPS) is 18.8. The van der Waals surface area contributed by atoms with Crippen molar-refractivity contribution < 1.29 is 9.59 Å². The van der Waals surface area contributed by atoms with Gasteiger partial charge in [0.2, 0.25) is 5.91 Å². The molecule has 1 saturated heterocycles. The molecule has 20 heavy (non-hydrogen) atoms. The van der Waals surface area contributed by atoms with Crippen molar-refractivity contribution in [2.75, 3.05) is 13.1 Å². The van der Waals surface area contributed by atoms with E-state index in [1.54, 1.807) is 23.1 Å². The van der Waals surface area contributed by atoms with Gasteiger partial charge in [0.15, 0.2) is 0 Å². The fourth-order valence-corrected chi connectivity index (χ4v) is 2.87. The summed E-state index contributed by atoms with van der Waals surface area (Å²) in [6, 6.07) is 5.19. The summed E-state index contributed by atoms with van der Waals surface area (Å²) in [6.45, 7) is 2.77. The molecule has 1 N–H and O–H groups in total. The van der Waals surface area contributed by atoms with Crippen LogP contribution in [-0.2, 0) is 4.79 Å². The highest BCUT2D eigenvalue weighted by molar-refractivity contribution is 9.10. The van der Waals surface area contributed by atoms with E-state index in [4.69, 9.17) is 11.6 Å². The van der Waals surface area contributed by atoms with Crippen molar-refractivity contribution in [2.24, 2.45) is 0 Å². The highest BCUT2D eigenvalue weighted by atomic mass is 79.9. The van der Waals surface area contributed by atoms with Crippen molar-refractivity contribution in [3.05, 3.63) is 33.3 Å². The zero-order valence-electron chi connectivity index (χ0n) is 11.2. The molecule has 1 atom stereocenters. The maximum Gasteiger partial charge on any atom is 0.253 e. The Hall–Kier alpha value is -1.07. The van der Waals surface area contributed by atoms with Gasteiger partial charge in [0.25, 0.3) is 5.91 Å². The van der Waals surface area contributed by atoms with E-state index in [1.165, 1.54) is 6.92 Å². The van der Waals surface area contributed by atoms with Gasteiger partial charge in [-0.2, -0.15) is 0 Å². The molecule has 1 fully saturated rings. The predicted octanol–water partition coefficient (Wildman–Crippen LogP) is 2.84. The number of carbonyl (C=O) groups excluding carboxylic acids is 2. The monoisotopic (exact) mass is 358 g/mol. The van der Waals surface area contributed by atoms with Crippen LogP contribution in [0.15, 0.2) is 22.7 Å². The molecule has 108 valence electrons. The number of hydrogen-bond donors (Lipinski definition) is 1. The SMILES string of the molecule is CC(=O)NC1CCCN(C(=O)c2ccc(Cl)c(Br)c2)C1. The third-order valence-electron chi connectivity index (χ3n) is 3.28. The van der Waals surface area contributed by atoms with E-state index < -0.39 is 0 Å². The minimum atomic E-state index is -0.0569. The number of nitrogens with one attached hydrogen (secondary N) is 1. The van der Waals surface area contributed by atoms with Gasteiger partial charge in [0.05, 0.1) is 5.02 Å². The van der Waals surface area contributed by atoms with Gasteiger partial charge in [-0.15, -0.1) is 0 Å². The van der Waals surface area contributed by atoms with Crippen molar-refractivity contribution in [1.82, 2.24) is 10.2 Å². The third-order valence-corrected chi connectivity index (χ3v) is 4.50. The van der Waals surface area contributed by atoms with Crippen LogP contribution in [0, 0.1) is 0 Å². The molecule has 2 amide bonds. The molecule has 0 spiro atoms. The van der Waals surface area contributed by atoms with E-state index >= 15 is 0 Å². The van der Waals surface area contributed by atoms with Crippen LogP contribution in [0.5, 0.6) is 0 Å². The van der Waals surface area contributed by atoms with E-state index in [0.717, 1.165) is 19.4 Å². The maximum atomic E-state index is 12.4. The summed E-state index contributed by atoms with van der Waals surface area (Å²) in [5.41, 5.74) is 0.602. The standard InChI is InChI=1S/C14H16BrClN2O2/c1-9(19)17-11-3-2-6-18(8-11)14(20)10-4-5-13(16)12(15)7-10/h4-5,7,11H,2-3,6,8H2,1H3,(H,17,19). The van der Waals surface area contributed by atoms with Gasteiger partial charge in [-0.1, -0.05) is 11.6 Å². The summed E-state index contributed by atoms with van der Waals surface area (Å²) in [6.07, 6.45) is 1.80. The van der Waals surface area contributed by atoms with Crippen LogP contribution in [-0.4, -0.2) is 35.8 Å². The molecule has 0 radical (unpaired) electrons. The molecule has 1 aromatic carbocycles. The van der Waals surface area contributed by atoms with E-state index in [9.17, 15) is 9.59 Å². The van der Waals surface area contributed by atoms with Crippen molar-refractivity contribution in [3.63, 3.8) is 0 Å². The first-order valence-corrected chi connectivity index (χ1v) is 7.66. The van der Waals surface area contributed by atoms with Crippen LogP contribution in [0.25, 0.3) is 0 Å². The molecular formula is C14H16BrClN2O2. The Bertz CT molecular complexity index is 536. The summed E-state index contributed by atoms with van der Waals surface area (Å²) >= 11 is 9.26. The van der Waals surface area contributed by atoms with Crippen molar-refractivity contribution in [2.45, 2.75) is 25.8 Å². The van der Waals surface area contributed by atoms with Gasteiger partial charge in [-0.25, -0.2) is 0 Å². The Kier molecular flexibility index (Phi) is 5.05. The predicted molar refractivity (Wildman–Crippen MR) is 81.9 cm³/mol. The topological polar surface area (TPSA) is 49.4 Å². The quantitative estimate of drug-likeness (QED) is 0.883. The van der Waals surface area contributed by atoms with Gasteiger partial charge in [0.1, 0.15) is 0 Å².